The summed E-state index contributed by atoms with van der Waals surface area (Å²) in [6, 6.07) is 9.99. The molecule has 80 valence electrons. The van der Waals surface area contributed by atoms with Crippen LogP contribution in [0.5, 0.6) is 0 Å². The zero-order valence-corrected chi connectivity index (χ0v) is 10.4. The Morgan fingerprint density at radius 2 is 2.12 bits per heavy atom. The minimum Gasteiger partial charge on any atom is -0.396 e. The number of allylic oxidation sites excluding steroid dienone is 1. The summed E-state index contributed by atoms with van der Waals surface area (Å²) in [5.41, 5.74) is 7.17. The van der Waals surface area contributed by atoms with E-state index in [-0.39, 0.29) is 0 Å². The van der Waals surface area contributed by atoms with Gasteiger partial charge >= 0.3 is 0 Å². The molecule has 0 bridgehead atoms. The van der Waals surface area contributed by atoms with Gasteiger partial charge in [-0.3, -0.25) is 0 Å². The molecule has 16 heavy (non-hydrogen) atoms. The van der Waals surface area contributed by atoms with E-state index >= 15 is 0 Å². The minimum atomic E-state index is 0.567. The molecule has 2 aromatic rings. The van der Waals surface area contributed by atoms with Gasteiger partial charge in [-0.1, -0.05) is 6.07 Å². The average molecular weight is 246 g/mol. The SMILES string of the molecule is Cc1ccc(/C(N)=C(/C#N)c2cccs2)s1. The molecule has 0 fully saturated rings. The second kappa shape index (κ2) is 4.52. The number of hydrogen-bond donors (Lipinski definition) is 1. The first-order valence-electron chi connectivity index (χ1n) is 4.73. The number of nitrogens with zero attached hydrogens (tertiary/aromatic N) is 1. The Morgan fingerprint density at radius 1 is 1.31 bits per heavy atom. The minimum absolute atomic E-state index is 0.567. The highest BCUT2D eigenvalue weighted by Gasteiger charge is 2.10. The van der Waals surface area contributed by atoms with Gasteiger partial charge in [0.05, 0.1) is 16.1 Å². The molecule has 2 heterocycles. The monoisotopic (exact) mass is 246 g/mol. The van der Waals surface area contributed by atoms with Crippen molar-refractivity contribution < 1.29 is 0 Å². The van der Waals surface area contributed by atoms with Crippen LogP contribution in [0.3, 0.4) is 0 Å². The molecule has 2 nitrogen and oxygen atoms in total. The summed E-state index contributed by atoms with van der Waals surface area (Å²) in [4.78, 5) is 3.08. The summed E-state index contributed by atoms with van der Waals surface area (Å²) >= 11 is 3.14. The lowest BCUT2D eigenvalue weighted by atomic mass is 10.1. The van der Waals surface area contributed by atoms with Crippen LogP contribution >= 0.6 is 22.7 Å². The fourth-order valence-electron chi connectivity index (χ4n) is 1.37. The van der Waals surface area contributed by atoms with Crippen LogP contribution in [0.4, 0.5) is 0 Å². The predicted molar refractivity (Wildman–Crippen MR) is 70.0 cm³/mol. The number of nitrogens with two attached hydrogens (primary N) is 1. The lowest BCUT2D eigenvalue weighted by molar-refractivity contribution is 1.52. The predicted octanol–water partition coefficient (Wildman–Crippen LogP) is 3.47. The maximum atomic E-state index is 9.16. The number of hydrogen-bond acceptors (Lipinski definition) is 4. The Bertz CT molecular complexity index is 556. The van der Waals surface area contributed by atoms with Crippen molar-refractivity contribution in [3.05, 3.63) is 44.3 Å². The largest absolute Gasteiger partial charge is 0.396 e. The molecule has 0 amide bonds. The number of nitriles is 1. The van der Waals surface area contributed by atoms with Gasteiger partial charge in [-0.05, 0) is 30.5 Å². The molecular formula is C12H10N2S2. The average Bonchev–Trinajstić information content (AvgIpc) is 2.90. The van der Waals surface area contributed by atoms with Crippen molar-refractivity contribution in [1.82, 2.24) is 0 Å². The molecule has 2 aromatic heterocycles. The molecule has 0 saturated carbocycles. The van der Waals surface area contributed by atoms with E-state index in [1.807, 2.05) is 36.6 Å². The van der Waals surface area contributed by atoms with Gasteiger partial charge in [0.1, 0.15) is 6.07 Å². The van der Waals surface area contributed by atoms with Crippen molar-refractivity contribution >= 4 is 33.9 Å². The molecule has 2 N–H and O–H groups in total. The van der Waals surface area contributed by atoms with Crippen LogP contribution in [0.1, 0.15) is 14.6 Å². The summed E-state index contributed by atoms with van der Waals surface area (Å²) in [7, 11) is 0. The van der Waals surface area contributed by atoms with E-state index in [2.05, 4.69) is 6.07 Å². The van der Waals surface area contributed by atoms with E-state index in [1.54, 1.807) is 11.3 Å². The zero-order valence-electron chi connectivity index (χ0n) is 8.73. The lowest BCUT2D eigenvalue weighted by Gasteiger charge is -2.00. The van der Waals surface area contributed by atoms with Gasteiger partial charge in [0, 0.05) is 9.75 Å². The molecular weight excluding hydrogens is 236 g/mol. The molecule has 0 aliphatic heterocycles. The van der Waals surface area contributed by atoms with Gasteiger partial charge in [-0.25, -0.2) is 0 Å². The van der Waals surface area contributed by atoms with Gasteiger partial charge in [-0.2, -0.15) is 5.26 Å². The van der Waals surface area contributed by atoms with Gasteiger partial charge in [0.2, 0.25) is 0 Å². The normalized spacial score (nSPS) is 12.0. The molecule has 0 radical (unpaired) electrons. The summed E-state index contributed by atoms with van der Waals surface area (Å²) in [5.74, 6) is 0. The molecule has 0 spiro atoms. The molecule has 4 heteroatoms. The Labute approximate surface area is 102 Å². The van der Waals surface area contributed by atoms with Crippen molar-refractivity contribution in [1.29, 1.82) is 5.26 Å². The number of rotatable bonds is 2. The summed E-state index contributed by atoms with van der Waals surface area (Å²) in [6.45, 7) is 2.03. The van der Waals surface area contributed by atoms with Crippen LogP contribution in [0, 0.1) is 18.3 Å². The van der Waals surface area contributed by atoms with Crippen LogP contribution in [0.15, 0.2) is 29.6 Å². The molecule has 0 atom stereocenters. The molecule has 0 aliphatic rings. The zero-order chi connectivity index (χ0) is 11.5. The first-order valence-corrected chi connectivity index (χ1v) is 6.42. The molecule has 0 aliphatic carbocycles. The van der Waals surface area contributed by atoms with E-state index in [0.29, 0.717) is 11.3 Å². The summed E-state index contributed by atoms with van der Waals surface area (Å²) in [5, 5.41) is 11.1. The Morgan fingerprint density at radius 3 is 2.62 bits per heavy atom. The molecule has 0 aromatic carbocycles. The van der Waals surface area contributed by atoms with Crippen molar-refractivity contribution in [3.63, 3.8) is 0 Å². The first-order chi connectivity index (χ1) is 7.72. The number of thiophene rings is 2. The second-order valence-electron chi connectivity index (χ2n) is 3.29. The third-order valence-electron chi connectivity index (χ3n) is 2.15. The van der Waals surface area contributed by atoms with E-state index < -0.39 is 0 Å². The van der Waals surface area contributed by atoms with Gasteiger partial charge in [0.15, 0.2) is 0 Å². The van der Waals surface area contributed by atoms with Gasteiger partial charge in [-0.15, -0.1) is 22.7 Å². The van der Waals surface area contributed by atoms with Crippen LogP contribution in [0.2, 0.25) is 0 Å². The third-order valence-corrected chi connectivity index (χ3v) is 4.08. The highest BCUT2D eigenvalue weighted by Crippen LogP contribution is 2.29. The van der Waals surface area contributed by atoms with Gasteiger partial charge < -0.3 is 5.73 Å². The molecule has 0 unspecified atom stereocenters. The standard InChI is InChI=1S/C12H10N2S2/c1-8-4-5-11(16-8)12(14)9(7-13)10-3-2-6-15-10/h2-6H,14H2,1H3/b12-9+. The quantitative estimate of drug-likeness (QED) is 0.825. The van der Waals surface area contributed by atoms with E-state index in [4.69, 9.17) is 11.0 Å². The summed E-state index contributed by atoms with van der Waals surface area (Å²) < 4.78 is 0. The van der Waals surface area contributed by atoms with E-state index in [9.17, 15) is 0 Å². The topological polar surface area (TPSA) is 49.8 Å². The Kier molecular flexibility index (Phi) is 3.09. The maximum Gasteiger partial charge on any atom is 0.103 e. The lowest BCUT2D eigenvalue weighted by Crippen LogP contribution is -1.97. The highest BCUT2D eigenvalue weighted by atomic mass is 32.1. The van der Waals surface area contributed by atoms with Crippen LogP contribution in [-0.4, -0.2) is 0 Å². The maximum absolute atomic E-state index is 9.16. The van der Waals surface area contributed by atoms with Crippen molar-refractivity contribution in [2.24, 2.45) is 5.73 Å². The van der Waals surface area contributed by atoms with Crippen LogP contribution < -0.4 is 5.73 Å². The smallest absolute Gasteiger partial charge is 0.103 e. The Balaban J connectivity index is 2.51. The fourth-order valence-corrected chi connectivity index (χ4v) is 2.94. The van der Waals surface area contributed by atoms with E-state index in [0.717, 1.165) is 9.75 Å². The number of aryl methyl sites for hydroxylation is 1. The van der Waals surface area contributed by atoms with Crippen LogP contribution in [-0.2, 0) is 0 Å². The summed E-state index contributed by atoms with van der Waals surface area (Å²) in [6.07, 6.45) is 0. The van der Waals surface area contributed by atoms with E-state index in [1.165, 1.54) is 16.2 Å². The molecule has 2 rings (SSSR count). The van der Waals surface area contributed by atoms with Crippen molar-refractivity contribution in [3.8, 4) is 6.07 Å². The Hall–Kier alpha value is -1.57. The second-order valence-corrected chi connectivity index (χ2v) is 5.52. The van der Waals surface area contributed by atoms with Crippen LogP contribution in [0.25, 0.3) is 11.3 Å². The van der Waals surface area contributed by atoms with Crippen molar-refractivity contribution in [2.75, 3.05) is 0 Å². The van der Waals surface area contributed by atoms with Crippen molar-refractivity contribution in [2.45, 2.75) is 6.92 Å². The highest BCUT2D eigenvalue weighted by molar-refractivity contribution is 7.13. The first kappa shape index (κ1) is 10.9. The molecule has 0 saturated heterocycles. The third kappa shape index (κ3) is 2.01. The fraction of sp³-hybridized carbons (Fsp3) is 0.0833. The van der Waals surface area contributed by atoms with Gasteiger partial charge in [0.25, 0.3) is 0 Å².